The maximum atomic E-state index is 13.5. The summed E-state index contributed by atoms with van der Waals surface area (Å²) in [6, 6.07) is 0.703. The number of allylic oxidation sites excluding steroid dienone is 4. The molecule has 8 heteroatoms. The molecule has 0 bridgehead atoms. The number of halogens is 8. The second kappa shape index (κ2) is 4.92. The van der Waals surface area contributed by atoms with Crippen LogP contribution in [0.15, 0.2) is 29.6 Å². The van der Waals surface area contributed by atoms with Crippen molar-refractivity contribution in [2.24, 2.45) is 0 Å². The normalized spacial score (nSPS) is 23.6. The summed E-state index contributed by atoms with van der Waals surface area (Å²) in [7, 11) is 0. The van der Waals surface area contributed by atoms with E-state index in [9.17, 15) is 35.1 Å². The van der Waals surface area contributed by atoms with Crippen molar-refractivity contribution < 1.29 is 35.1 Å². The van der Waals surface area contributed by atoms with Gasteiger partial charge >= 0.3 is 0 Å². The quantitative estimate of drug-likeness (QED) is 0.524. The summed E-state index contributed by atoms with van der Waals surface area (Å²) in [5, 5.41) is 0. The lowest BCUT2D eigenvalue weighted by Gasteiger charge is -2.20. The molecule has 1 aromatic rings. The van der Waals surface area contributed by atoms with Gasteiger partial charge in [-0.2, -0.15) is 0 Å². The van der Waals surface area contributed by atoms with Gasteiger partial charge in [-0.1, -0.05) is 0 Å². The molecule has 20 heavy (non-hydrogen) atoms. The van der Waals surface area contributed by atoms with Crippen LogP contribution in [0.25, 0.3) is 5.57 Å². The molecule has 2 rings (SSSR count). The van der Waals surface area contributed by atoms with Crippen molar-refractivity contribution in [2.75, 3.05) is 0 Å². The number of rotatable bonds is 1. The zero-order valence-corrected chi connectivity index (χ0v) is 9.33. The van der Waals surface area contributed by atoms with Gasteiger partial charge in [0.05, 0.1) is 5.57 Å². The first-order valence-electron chi connectivity index (χ1n) is 5.14. The summed E-state index contributed by atoms with van der Waals surface area (Å²) >= 11 is 0. The molecular formula is C12H4F8. The van der Waals surface area contributed by atoms with Crippen molar-refractivity contribution in [1.82, 2.24) is 0 Å². The standard InChI is InChI=1S/C12H4F8/c13-4-2-1-3(6(14)7(4)15)5-8(16)10(18)12(20)11(19)9(5)17/h1-2,10,12H/t10-,12-/m0/s1. The Kier molecular flexibility index (Phi) is 3.58. The van der Waals surface area contributed by atoms with Crippen LogP contribution < -0.4 is 0 Å². The van der Waals surface area contributed by atoms with Gasteiger partial charge in [-0.05, 0) is 12.1 Å². The number of benzene rings is 1. The molecule has 0 aliphatic heterocycles. The van der Waals surface area contributed by atoms with Crippen molar-refractivity contribution >= 4 is 5.57 Å². The molecular weight excluding hydrogens is 296 g/mol. The maximum Gasteiger partial charge on any atom is 0.195 e. The van der Waals surface area contributed by atoms with Crippen molar-refractivity contribution in [2.45, 2.75) is 12.3 Å². The summed E-state index contributed by atoms with van der Waals surface area (Å²) in [5.41, 5.74) is -2.86. The second-order valence-corrected chi connectivity index (χ2v) is 3.91. The first-order chi connectivity index (χ1) is 9.27. The predicted octanol–water partition coefficient (Wildman–Crippen LogP) is 4.62. The summed E-state index contributed by atoms with van der Waals surface area (Å²) in [5.74, 6) is -12.4. The first-order valence-corrected chi connectivity index (χ1v) is 5.14. The number of hydrogen-bond donors (Lipinski definition) is 0. The lowest BCUT2D eigenvalue weighted by molar-refractivity contribution is 0.170. The van der Waals surface area contributed by atoms with E-state index in [-0.39, 0.29) is 0 Å². The summed E-state index contributed by atoms with van der Waals surface area (Å²) in [6.07, 6.45) is -6.41. The Hall–Kier alpha value is -1.86. The summed E-state index contributed by atoms with van der Waals surface area (Å²) in [6.45, 7) is 0. The molecule has 0 saturated carbocycles. The van der Waals surface area contributed by atoms with E-state index >= 15 is 0 Å². The third-order valence-corrected chi connectivity index (χ3v) is 2.71. The smallest absolute Gasteiger partial charge is 0.195 e. The summed E-state index contributed by atoms with van der Waals surface area (Å²) in [4.78, 5) is 0. The minimum Gasteiger partial charge on any atom is -0.236 e. The fraction of sp³-hybridized carbons (Fsp3) is 0.167. The fourth-order valence-electron chi connectivity index (χ4n) is 1.71. The lowest BCUT2D eigenvalue weighted by atomic mass is 9.94. The van der Waals surface area contributed by atoms with Gasteiger partial charge in [-0.15, -0.1) is 0 Å². The lowest BCUT2D eigenvalue weighted by Crippen LogP contribution is -2.25. The molecule has 0 N–H and O–H groups in total. The van der Waals surface area contributed by atoms with E-state index in [1.165, 1.54) is 0 Å². The molecule has 2 atom stereocenters. The Labute approximate surface area is 107 Å². The topological polar surface area (TPSA) is 0 Å². The highest BCUT2D eigenvalue weighted by Gasteiger charge is 2.41. The zero-order valence-electron chi connectivity index (χ0n) is 9.33. The molecule has 1 aromatic carbocycles. The third-order valence-electron chi connectivity index (χ3n) is 2.71. The molecule has 0 saturated heterocycles. The molecule has 0 heterocycles. The largest absolute Gasteiger partial charge is 0.236 e. The minimum absolute atomic E-state index is 0.313. The van der Waals surface area contributed by atoms with Gasteiger partial charge in [0.25, 0.3) is 0 Å². The highest BCUT2D eigenvalue weighted by atomic mass is 19.2. The molecule has 0 aromatic heterocycles. The highest BCUT2D eigenvalue weighted by Crippen LogP contribution is 2.42. The van der Waals surface area contributed by atoms with Crippen LogP contribution in [0.2, 0.25) is 0 Å². The van der Waals surface area contributed by atoms with Crippen LogP contribution in [0.4, 0.5) is 35.1 Å². The Morgan fingerprint density at radius 3 is 1.85 bits per heavy atom. The molecule has 0 spiro atoms. The van der Waals surface area contributed by atoms with Gasteiger partial charge in [0.2, 0.25) is 0 Å². The van der Waals surface area contributed by atoms with E-state index in [1.807, 2.05) is 0 Å². The molecule has 108 valence electrons. The van der Waals surface area contributed by atoms with E-state index in [2.05, 4.69) is 0 Å². The van der Waals surface area contributed by atoms with Crippen molar-refractivity contribution in [1.29, 1.82) is 0 Å². The predicted molar refractivity (Wildman–Crippen MR) is 53.4 cm³/mol. The molecule has 0 amide bonds. The average molecular weight is 300 g/mol. The van der Waals surface area contributed by atoms with E-state index in [4.69, 9.17) is 0 Å². The van der Waals surface area contributed by atoms with E-state index in [0.29, 0.717) is 12.1 Å². The van der Waals surface area contributed by atoms with Gasteiger partial charge in [0.15, 0.2) is 41.4 Å². The van der Waals surface area contributed by atoms with Crippen LogP contribution in [-0.2, 0) is 0 Å². The van der Waals surface area contributed by atoms with Crippen molar-refractivity contribution in [3.05, 3.63) is 52.6 Å². The van der Waals surface area contributed by atoms with Crippen LogP contribution in [0.1, 0.15) is 5.56 Å². The molecule has 0 unspecified atom stereocenters. The maximum absolute atomic E-state index is 13.5. The Morgan fingerprint density at radius 2 is 1.25 bits per heavy atom. The number of hydrogen-bond acceptors (Lipinski definition) is 0. The zero-order chi connectivity index (χ0) is 15.2. The highest BCUT2D eigenvalue weighted by molar-refractivity contribution is 5.81. The molecule has 1 aliphatic rings. The van der Waals surface area contributed by atoms with Crippen LogP contribution >= 0.6 is 0 Å². The van der Waals surface area contributed by atoms with Crippen LogP contribution in [0, 0.1) is 17.5 Å². The van der Waals surface area contributed by atoms with Gasteiger partial charge in [0, 0.05) is 5.56 Å². The average Bonchev–Trinajstić information content (AvgIpc) is 2.43. The molecule has 0 radical (unpaired) electrons. The molecule has 0 nitrogen and oxygen atoms in total. The first kappa shape index (κ1) is 14.5. The van der Waals surface area contributed by atoms with E-state index in [0.717, 1.165) is 0 Å². The Bertz CT molecular complexity index is 631. The van der Waals surface area contributed by atoms with Gasteiger partial charge in [-0.25, -0.2) is 35.1 Å². The second-order valence-electron chi connectivity index (χ2n) is 3.91. The van der Waals surface area contributed by atoms with E-state index in [1.54, 1.807) is 0 Å². The Morgan fingerprint density at radius 1 is 0.700 bits per heavy atom. The SMILES string of the molecule is FC1=C(F)[C@@H](F)[C@@H](F)C(F)=C1c1ccc(F)c(F)c1F. The van der Waals surface area contributed by atoms with Crippen LogP contribution in [0.5, 0.6) is 0 Å². The number of alkyl halides is 2. The Balaban J connectivity index is 2.72. The van der Waals surface area contributed by atoms with Gasteiger partial charge < -0.3 is 0 Å². The van der Waals surface area contributed by atoms with E-state index < -0.39 is 58.4 Å². The van der Waals surface area contributed by atoms with Gasteiger partial charge in [0.1, 0.15) is 5.83 Å². The molecule has 0 fully saturated rings. The third kappa shape index (κ3) is 1.99. The van der Waals surface area contributed by atoms with Crippen LogP contribution in [-0.4, -0.2) is 12.3 Å². The minimum atomic E-state index is -3.22. The fourth-order valence-corrected chi connectivity index (χ4v) is 1.71. The van der Waals surface area contributed by atoms with Gasteiger partial charge in [-0.3, -0.25) is 0 Å². The van der Waals surface area contributed by atoms with Crippen LogP contribution in [0.3, 0.4) is 0 Å². The summed E-state index contributed by atoms with van der Waals surface area (Å²) < 4.78 is 105. The van der Waals surface area contributed by atoms with Crippen molar-refractivity contribution in [3.8, 4) is 0 Å². The molecule has 1 aliphatic carbocycles. The monoisotopic (exact) mass is 300 g/mol. The van der Waals surface area contributed by atoms with Crippen molar-refractivity contribution in [3.63, 3.8) is 0 Å².